The number of aliphatic hydroxyl groups is 1. The number of fused-ring (bicyclic) bond motifs is 1. The van der Waals surface area contributed by atoms with Gasteiger partial charge in [-0.1, -0.05) is 25.0 Å². The van der Waals surface area contributed by atoms with Gasteiger partial charge in [0.1, 0.15) is 24.5 Å². The third kappa shape index (κ3) is 6.81. The van der Waals surface area contributed by atoms with E-state index in [4.69, 9.17) is 19.3 Å². The van der Waals surface area contributed by atoms with Gasteiger partial charge in [0.05, 0.1) is 26.3 Å². The molecular weight excluding hydrogens is 434 g/mol. The highest BCUT2D eigenvalue weighted by molar-refractivity contribution is 5.91. The van der Waals surface area contributed by atoms with E-state index >= 15 is 0 Å². The number of anilines is 1. The average molecular weight is 468 g/mol. The van der Waals surface area contributed by atoms with Gasteiger partial charge in [0, 0.05) is 23.9 Å². The number of nitrogens with one attached hydrogen (secondary N) is 1. The summed E-state index contributed by atoms with van der Waals surface area (Å²) in [6.45, 7) is 2.24. The number of Topliss-reactive ketones (excluding diaryl/α,β-unsaturated/α-hetero) is 1. The lowest BCUT2D eigenvalue weighted by molar-refractivity contribution is -0.121. The molecule has 0 unspecified atom stereocenters. The summed E-state index contributed by atoms with van der Waals surface area (Å²) in [5, 5.41) is 13.1. The second-order valence-corrected chi connectivity index (χ2v) is 8.09. The van der Waals surface area contributed by atoms with Crippen molar-refractivity contribution in [2.24, 2.45) is 0 Å². The van der Waals surface area contributed by atoms with E-state index in [-0.39, 0.29) is 18.4 Å². The fourth-order valence-corrected chi connectivity index (χ4v) is 3.67. The first-order valence-electron chi connectivity index (χ1n) is 11.5. The molecule has 3 aromatic rings. The highest BCUT2D eigenvalue weighted by Gasteiger charge is 2.14. The standard InChI is InChI=1S/C26H33N3O5/c1-18(19-9-11-21(32-2)12-10-19)29-26-22-14-25(24(33-3)15-23(22)27-17-28-26)34-13-7-5-4-6-8-20(31)16-30/h9-12,14-15,17-18,30H,4-8,13,16H2,1-3H3,(H,27,28,29)/t18-/m1/s1. The largest absolute Gasteiger partial charge is 0.497 e. The lowest BCUT2D eigenvalue weighted by Crippen LogP contribution is -2.09. The molecule has 34 heavy (non-hydrogen) atoms. The summed E-state index contributed by atoms with van der Waals surface area (Å²) in [5.41, 5.74) is 1.87. The van der Waals surface area contributed by atoms with Crippen molar-refractivity contribution in [1.82, 2.24) is 9.97 Å². The van der Waals surface area contributed by atoms with Crippen LogP contribution in [0.3, 0.4) is 0 Å². The van der Waals surface area contributed by atoms with Gasteiger partial charge in [-0.2, -0.15) is 0 Å². The SMILES string of the molecule is COc1ccc([C@@H](C)Nc2ncnc3cc(OC)c(OCCCCCCC(=O)CO)cc23)cc1. The Morgan fingerprint density at radius 3 is 2.47 bits per heavy atom. The van der Waals surface area contributed by atoms with E-state index in [1.807, 2.05) is 36.4 Å². The van der Waals surface area contributed by atoms with E-state index < -0.39 is 0 Å². The maximum absolute atomic E-state index is 11.2. The van der Waals surface area contributed by atoms with Crippen LogP contribution in [0, 0.1) is 0 Å². The maximum atomic E-state index is 11.2. The van der Waals surface area contributed by atoms with Crippen LogP contribution in [-0.4, -0.2) is 48.3 Å². The molecular formula is C26H33N3O5. The average Bonchev–Trinajstić information content (AvgIpc) is 2.87. The Bertz CT molecular complexity index is 1070. The number of benzene rings is 2. The molecule has 182 valence electrons. The molecule has 8 heteroatoms. The Kier molecular flexibility index (Phi) is 9.46. The van der Waals surface area contributed by atoms with Gasteiger partial charge in [-0.15, -0.1) is 0 Å². The number of hydrogen-bond donors (Lipinski definition) is 2. The van der Waals surface area contributed by atoms with Gasteiger partial charge in [0.15, 0.2) is 17.3 Å². The molecule has 3 rings (SSSR count). The zero-order valence-electron chi connectivity index (χ0n) is 20.0. The van der Waals surface area contributed by atoms with E-state index in [2.05, 4.69) is 22.2 Å². The van der Waals surface area contributed by atoms with Crippen LogP contribution < -0.4 is 19.5 Å². The van der Waals surface area contributed by atoms with Gasteiger partial charge in [-0.3, -0.25) is 4.79 Å². The van der Waals surface area contributed by atoms with Crippen molar-refractivity contribution >= 4 is 22.5 Å². The molecule has 1 aromatic heterocycles. The van der Waals surface area contributed by atoms with Crippen LogP contribution in [0.1, 0.15) is 50.6 Å². The molecule has 0 aliphatic rings. The normalized spacial score (nSPS) is 11.8. The van der Waals surface area contributed by atoms with Crippen LogP contribution >= 0.6 is 0 Å². The fraction of sp³-hybridized carbons (Fsp3) is 0.423. The number of nitrogens with zero attached hydrogens (tertiary/aromatic N) is 2. The van der Waals surface area contributed by atoms with Crippen molar-refractivity contribution in [2.75, 3.05) is 32.8 Å². The monoisotopic (exact) mass is 467 g/mol. The molecule has 0 bridgehead atoms. The summed E-state index contributed by atoms with van der Waals surface area (Å²) in [5.74, 6) is 2.68. The minimum atomic E-state index is -0.371. The number of aromatic nitrogens is 2. The summed E-state index contributed by atoms with van der Waals surface area (Å²) in [6.07, 6.45) is 5.49. The van der Waals surface area contributed by atoms with Crippen LogP contribution in [-0.2, 0) is 4.79 Å². The second-order valence-electron chi connectivity index (χ2n) is 8.09. The first-order chi connectivity index (χ1) is 16.5. The molecule has 1 heterocycles. The molecule has 8 nitrogen and oxygen atoms in total. The quantitative estimate of drug-likeness (QED) is 0.329. The van der Waals surface area contributed by atoms with E-state index in [1.54, 1.807) is 14.2 Å². The number of aliphatic hydroxyl groups excluding tert-OH is 1. The smallest absolute Gasteiger partial charge is 0.162 e. The van der Waals surface area contributed by atoms with Crippen LogP contribution in [0.2, 0.25) is 0 Å². The van der Waals surface area contributed by atoms with E-state index in [0.717, 1.165) is 53.7 Å². The van der Waals surface area contributed by atoms with Crippen molar-refractivity contribution in [1.29, 1.82) is 0 Å². The Balaban J connectivity index is 1.67. The second kappa shape index (κ2) is 12.7. The Morgan fingerprint density at radius 2 is 1.76 bits per heavy atom. The van der Waals surface area contributed by atoms with Gasteiger partial charge in [-0.25, -0.2) is 9.97 Å². The number of ketones is 1. The van der Waals surface area contributed by atoms with Gasteiger partial charge in [0.25, 0.3) is 0 Å². The van der Waals surface area contributed by atoms with Crippen molar-refractivity contribution in [3.05, 3.63) is 48.3 Å². The lowest BCUT2D eigenvalue weighted by Gasteiger charge is -2.18. The van der Waals surface area contributed by atoms with Gasteiger partial charge < -0.3 is 24.6 Å². The number of methoxy groups -OCH3 is 2. The van der Waals surface area contributed by atoms with Gasteiger partial charge in [0.2, 0.25) is 0 Å². The predicted octanol–water partition coefficient (Wildman–Crippen LogP) is 4.71. The first-order valence-corrected chi connectivity index (χ1v) is 11.5. The summed E-state index contributed by atoms with van der Waals surface area (Å²) in [7, 11) is 3.26. The Morgan fingerprint density at radius 1 is 1.00 bits per heavy atom. The molecule has 0 aliphatic heterocycles. The number of carbonyl (C=O) groups excluding carboxylic acids is 1. The third-order valence-corrected chi connectivity index (χ3v) is 5.67. The van der Waals surface area contributed by atoms with Crippen molar-refractivity contribution < 1.29 is 24.1 Å². The molecule has 2 N–H and O–H groups in total. The predicted molar refractivity (Wildman–Crippen MR) is 132 cm³/mol. The van der Waals surface area contributed by atoms with Crippen molar-refractivity contribution in [2.45, 2.75) is 45.1 Å². The number of rotatable bonds is 14. The summed E-state index contributed by atoms with van der Waals surface area (Å²) < 4.78 is 16.8. The summed E-state index contributed by atoms with van der Waals surface area (Å²) >= 11 is 0. The molecule has 0 fully saturated rings. The highest BCUT2D eigenvalue weighted by atomic mass is 16.5. The maximum Gasteiger partial charge on any atom is 0.162 e. The summed E-state index contributed by atoms with van der Waals surface area (Å²) in [4.78, 5) is 20.0. The number of unbranched alkanes of at least 4 members (excludes halogenated alkanes) is 3. The van der Waals surface area contributed by atoms with Gasteiger partial charge in [-0.05, 0) is 43.5 Å². The summed E-state index contributed by atoms with van der Waals surface area (Å²) in [6, 6.07) is 11.7. The van der Waals surface area contributed by atoms with E-state index in [1.165, 1.54) is 6.33 Å². The van der Waals surface area contributed by atoms with Crippen molar-refractivity contribution in [3.8, 4) is 17.2 Å². The zero-order chi connectivity index (χ0) is 24.3. The number of carbonyl (C=O) groups is 1. The van der Waals surface area contributed by atoms with E-state index in [0.29, 0.717) is 24.5 Å². The number of ether oxygens (including phenoxy) is 3. The number of hydrogen-bond acceptors (Lipinski definition) is 8. The van der Waals surface area contributed by atoms with E-state index in [9.17, 15) is 4.79 Å². The van der Waals surface area contributed by atoms with Crippen LogP contribution in [0.5, 0.6) is 17.2 Å². The van der Waals surface area contributed by atoms with Crippen LogP contribution in [0.15, 0.2) is 42.7 Å². The molecule has 0 saturated heterocycles. The zero-order valence-corrected chi connectivity index (χ0v) is 20.0. The topological polar surface area (TPSA) is 103 Å². The molecule has 2 aromatic carbocycles. The minimum Gasteiger partial charge on any atom is -0.497 e. The molecule has 0 radical (unpaired) electrons. The van der Waals surface area contributed by atoms with Crippen LogP contribution in [0.25, 0.3) is 10.9 Å². The Labute approximate surface area is 200 Å². The minimum absolute atomic E-state index is 0.0215. The molecule has 1 atom stereocenters. The van der Waals surface area contributed by atoms with Crippen molar-refractivity contribution in [3.63, 3.8) is 0 Å². The third-order valence-electron chi connectivity index (χ3n) is 5.67. The molecule has 0 saturated carbocycles. The lowest BCUT2D eigenvalue weighted by atomic mass is 10.1. The molecule has 0 amide bonds. The molecule has 0 aliphatic carbocycles. The fourth-order valence-electron chi connectivity index (χ4n) is 3.67. The highest BCUT2D eigenvalue weighted by Crippen LogP contribution is 2.35. The van der Waals surface area contributed by atoms with Gasteiger partial charge >= 0.3 is 0 Å². The Hall–Kier alpha value is -3.39. The molecule has 0 spiro atoms. The first kappa shape index (κ1) is 25.2. The van der Waals surface area contributed by atoms with Crippen LogP contribution in [0.4, 0.5) is 5.82 Å².